The zero-order valence-corrected chi connectivity index (χ0v) is 10.1. The number of hydrogen-bond donors (Lipinski definition) is 2. The Morgan fingerprint density at radius 1 is 1.25 bits per heavy atom. The van der Waals surface area contributed by atoms with Crippen molar-refractivity contribution in [2.45, 2.75) is 32.7 Å². The molecular weight excluding hydrogens is 206 g/mol. The summed E-state index contributed by atoms with van der Waals surface area (Å²) in [5.74, 6) is -1.06. The van der Waals surface area contributed by atoms with Gasteiger partial charge in [-0.25, -0.2) is 0 Å². The molecule has 1 heterocycles. The van der Waals surface area contributed by atoms with Gasteiger partial charge >= 0.3 is 11.8 Å². The Labute approximate surface area is 96.6 Å². The van der Waals surface area contributed by atoms with E-state index in [9.17, 15) is 9.59 Å². The molecule has 2 amide bonds. The van der Waals surface area contributed by atoms with Crippen LogP contribution < -0.4 is 10.6 Å². The number of hydrogen-bond acceptors (Lipinski definition) is 3. The molecule has 1 atom stereocenters. The molecule has 92 valence electrons. The first-order chi connectivity index (χ1) is 7.69. The first-order valence-corrected chi connectivity index (χ1v) is 5.99. The van der Waals surface area contributed by atoms with Gasteiger partial charge in [-0.3, -0.25) is 14.5 Å². The lowest BCUT2D eigenvalue weighted by Crippen LogP contribution is -2.45. The number of amides is 2. The lowest BCUT2D eigenvalue weighted by atomic mass is 10.2. The van der Waals surface area contributed by atoms with Crippen molar-refractivity contribution >= 4 is 11.8 Å². The summed E-state index contributed by atoms with van der Waals surface area (Å²) < 4.78 is 0. The van der Waals surface area contributed by atoms with Crippen LogP contribution in [0.5, 0.6) is 0 Å². The van der Waals surface area contributed by atoms with Crippen LogP contribution in [-0.2, 0) is 9.59 Å². The fraction of sp³-hybridized carbons (Fsp3) is 0.818. The summed E-state index contributed by atoms with van der Waals surface area (Å²) in [6.45, 7) is 7.06. The van der Waals surface area contributed by atoms with Crippen LogP contribution in [0.4, 0.5) is 0 Å². The van der Waals surface area contributed by atoms with Crippen LogP contribution in [0.3, 0.4) is 0 Å². The van der Waals surface area contributed by atoms with Gasteiger partial charge in [0.15, 0.2) is 0 Å². The van der Waals surface area contributed by atoms with Crippen LogP contribution in [0, 0.1) is 0 Å². The Kier molecular flexibility index (Phi) is 5.25. The van der Waals surface area contributed by atoms with Crippen LogP contribution in [0.1, 0.15) is 26.7 Å². The molecule has 1 aliphatic heterocycles. The summed E-state index contributed by atoms with van der Waals surface area (Å²) in [5, 5.41) is 5.16. The van der Waals surface area contributed by atoms with Crippen LogP contribution in [0.2, 0.25) is 0 Å². The summed E-state index contributed by atoms with van der Waals surface area (Å²) in [4.78, 5) is 24.8. The molecule has 2 N–H and O–H groups in total. The average molecular weight is 227 g/mol. The molecule has 1 rings (SSSR count). The SMILES string of the molecule is CCNC(=O)C(=O)NCC1CCCN1CC. The Morgan fingerprint density at radius 3 is 2.56 bits per heavy atom. The van der Waals surface area contributed by atoms with E-state index in [1.807, 2.05) is 0 Å². The van der Waals surface area contributed by atoms with Crippen molar-refractivity contribution in [3.8, 4) is 0 Å². The third-order valence-electron chi connectivity index (χ3n) is 2.95. The molecule has 0 spiro atoms. The molecule has 0 aromatic rings. The van der Waals surface area contributed by atoms with E-state index in [-0.39, 0.29) is 0 Å². The predicted molar refractivity (Wildman–Crippen MR) is 62.0 cm³/mol. The number of likely N-dealkylation sites (N-methyl/N-ethyl adjacent to an activating group) is 2. The van der Waals surface area contributed by atoms with E-state index < -0.39 is 11.8 Å². The molecule has 5 heteroatoms. The second-order valence-electron chi connectivity index (χ2n) is 3.99. The zero-order chi connectivity index (χ0) is 12.0. The van der Waals surface area contributed by atoms with Gasteiger partial charge in [-0.05, 0) is 32.9 Å². The maximum Gasteiger partial charge on any atom is 0.309 e. The van der Waals surface area contributed by atoms with Gasteiger partial charge in [-0.2, -0.15) is 0 Å². The van der Waals surface area contributed by atoms with Crippen LogP contribution in [0.15, 0.2) is 0 Å². The normalized spacial score (nSPS) is 20.8. The molecule has 0 radical (unpaired) electrons. The first kappa shape index (κ1) is 13.0. The van der Waals surface area contributed by atoms with Gasteiger partial charge < -0.3 is 10.6 Å². The second-order valence-corrected chi connectivity index (χ2v) is 3.99. The maximum absolute atomic E-state index is 11.3. The van der Waals surface area contributed by atoms with E-state index in [4.69, 9.17) is 0 Å². The van der Waals surface area contributed by atoms with E-state index in [1.165, 1.54) is 6.42 Å². The van der Waals surface area contributed by atoms with E-state index in [0.717, 1.165) is 19.5 Å². The van der Waals surface area contributed by atoms with Crippen molar-refractivity contribution in [3.05, 3.63) is 0 Å². The van der Waals surface area contributed by atoms with E-state index in [2.05, 4.69) is 22.5 Å². The van der Waals surface area contributed by atoms with Gasteiger partial charge in [0.25, 0.3) is 0 Å². The number of nitrogens with one attached hydrogen (secondary N) is 2. The summed E-state index contributed by atoms with van der Waals surface area (Å²) in [5.41, 5.74) is 0. The number of nitrogens with zero attached hydrogens (tertiary/aromatic N) is 1. The summed E-state index contributed by atoms with van der Waals surface area (Å²) in [7, 11) is 0. The van der Waals surface area contributed by atoms with Gasteiger partial charge in [-0.15, -0.1) is 0 Å². The van der Waals surface area contributed by atoms with E-state index in [1.54, 1.807) is 6.92 Å². The highest BCUT2D eigenvalue weighted by molar-refractivity contribution is 6.35. The number of likely N-dealkylation sites (tertiary alicyclic amines) is 1. The van der Waals surface area contributed by atoms with Gasteiger partial charge in [0.2, 0.25) is 0 Å². The molecule has 1 saturated heterocycles. The van der Waals surface area contributed by atoms with Crippen molar-refractivity contribution in [2.24, 2.45) is 0 Å². The lowest BCUT2D eigenvalue weighted by molar-refractivity contribution is -0.139. The van der Waals surface area contributed by atoms with Crippen LogP contribution in [0.25, 0.3) is 0 Å². The van der Waals surface area contributed by atoms with Crippen molar-refractivity contribution in [1.29, 1.82) is 0 Å². The fourth-order valence-electron chi connectivity index (χ4n) is 2.07. The van der Waals surface area contributed by atoms with Crippen LogP contribution in [-0.4, -0.2) is 48.9 Å². The van der Waals surface area contributed by atoms with Gasteiger partial charge in [-0.1, -0.05) is 6.92 Å². The second kappa shape index (κ2) is 6.48. The Morgan fingerprint density at radius 2 is 1.94 bits per heavy atom. The van der Waals surface area contributed by atoms with Crippen molar-refractivity contribution < 1.29 is 9.59 Å². The summed E-state index contributed by atoms with van der Waals surface area (Å²) in [6, 6.07) is 0.392. The molecule has 1 aliphatic rings. The number of rotatable bonds is 4. The quantitative estimate of drug-likeness (QED) is 0.650. The molecule has 0 saturated carbocycles. The summed E-state index contributed by atoms with van der Waals surface area (Å²) >= 11 is 0. The molecule has 1 unspecified atom stereocenters. The topological polar surface area (TPSA) is 61.4 Å². The number of carbonyl (C=O) groups excluding carboxylic acids is 2. The highest BCUT2D eigenvalue weighted by atomic mass is 16.2. The first-order valence-electron chi connectivity index (χ1n) is 5.99. The van der Waals surface area contributed by atoms with Gasteiger partial charge in [0.05, 0.1) is 0 Å². The minimum absolute atomic E-state index is 0.392. The average Bonchev–Trinajstić information content (AvgIpc) is 2.73. The molecule has 0 aromatic heterocycles. The summed E-state index contributed by atoms with van der Waals surface area (Å²) in [6.07, 6.45) is 2.28. The molecule has 16 heavy (non-hydrogen) atoms. The highest BCUT2D eigenvalue weighted by Crippen LogP contribution is 2.15. The minimum atomic E-state index is -0.538. The standard InChI is InChI=1S/C11H21N3O2/c1-3-12-10(15)11(16)13-8-9-6-5-7-14(9)4-2/h9H,3-8H2,1-2H3,(H,12,15)(H,13,16). The van der Waals surface area contributed by atoms with E-state index >= 15 is 0 Å². The van der Waals surface area contributed by atoms with Crippen molar-refractivity contribution in [2.75, 3.05) is 26.2 Å². The molecule has 0 aliphatic carbocycles. The minimum Gasteiger partial charge on any atom is -0.348 e. The highest BCUT2D eigenvalue weighted by Gasteiger charge is 2.24. The zero-order valence-electron chi connectivity index (χ0n) is 10.1. The third kappa shape index (κ3) is 3.48. The third-order valence-corrected chi connectivity index (χ3v) is 2.95. The van der Waals surface area contributed by atoms with Crippen molar-refractivity contribution in [1.82, 2.24) is 15.5 Å². The fourth-order valence-corrected chi connectivity index (χ4v) is 2.07. The Bertz CT molecular complexity index is 256. The molecular formula is C11H21N3O2. The van der Waals surface area contributed by atoms with Crippen molar-refractivity contribution in [3.63, 3.8) is 0 Å². The van der Waals surface area contributed by atoms with E-state index in [0.29, 0.717) is 19.1 Å². The molecule has 0 aromatic carbocycles. The molecule has 1 fully saturated rings. The Balaban J connectivity index is 2.28. The van der Waals surface area contributed by atoms with Gasteiger partial charge in [0, 0.05) is 19.1 Å². The van der Waals surface area contributed by atoms with Gasteiger partial charge in [0.1, 0.15) is 0 Å². The predicted octanol–water partition coefficient (Wildman–Crippen LogP) is -0.277. The monoisotopic (exact) mass is 227 g/mol. The number of carbonyl (C=O) groups is 2. The molecule has 5 nitrogen and oxygen atoms in total. The molecule has 0 bridgehead atoms. The Hall–Kier alpha value is -1.10. The lowest BCUT2D eigenvalue weighted by Gasteiger charge is -2.22. The largest absolute Gasteiger partial charge is 0.348 e. The maximum atomic E-state index is 11.3. The van der Waals surface area contributed by atoms with Crippen LogP contribution >= 0.6 is 0 Å². The smallest absolute Gasteiger partial charge is 0.309 e.